The van der Waals surface area contributed by atoms with Crippen LogP contribution in [-0.4, -0.2) is 58.8 Å². The minimum absolute atomic E-state index is 0.292. The van der Waals surface area contributed by atoms with Crippen LogP contribution in [0.2, 0.25) is 0 Å². The summed E-state index contributed by atoms with van der Waals surface area (Å²) in [6, 6.07) is 0.825. The Kier molecular flexibility index (Phi) is 4.37. The second kappa shape index (κ2) is 5.82. The van der Waals surface area contributed by atoms with E-state index in [0.29, 0.717) is 18.6 Å². The lowest BCUT2D eigenvalue weighted by atomic mass is 10.1. The smallest absolute Gasteiger partial charge is 0.0538 e. The lowest BCUT2D eigenvalue weighted by Gasteiger charge is -2.34. The SMILES string of the molecule is CC1CN(C)CCCN1C(CN)c1cnn(C)c1. The van der Waals surface area contributed by atoms with Gasteiger partial charge in [-0.1, -0.05) is 0 Å². The van der Waals surface area contributed by atoms with Crippen molar-refractivity contribution in [3.05, 3.63) is 18.0 Å². The van der Waals surface area contributed by atoms with Gasteiger partial charge in [0.25, 0.3) is 0 Å². The van der Waals surface area contributed by atoms with E-state index >= 15 is 0 Å². The van der Waals surface area contributed by atoms with Crippen molar-refractivity contribution < 1.29 is 0 Å². The first-order chi connectivity index (χ1) is 8.61. The molecule has 2 atom stereocenters. The van der Waals surface area contributed by atoms with Crippen LogP contribution in [0.1, 0.15) is 24.9 Å². The molecule has 1 aromatic heterocycles. The molecule has 5 nitrogen and oxygen atoms in total. The Morgan fingerprint density at radius 2 is 2.22 bits per heavy atom. The predicted molar refractivity (Wildman–Crippen MR) is 73.3 cm³/mol. The highest BCUT2D eigenvalue weighted by atomic mass is 15.3. The molecule has 2 rings (SSSR count). The van der Waals surface area contributed by atoms with Gasteiger partial charge in [0.15, 0.2) is 0 Å². The van der Waals surface area contributed by atoms with Crippen LogP contribution < -0.4 is 5.73 Å². The summed E-state index contributed by atoms with van der Waals surface area (Å²) in [6.07, 6.45) is 5.23. The molecule has 0 amide bonds. The van der Waals surface area contributed by atoms with Crippen LogP contribution in [0.5, 0.6) is 0 Å². The first-order valence-corrected chi connectivity index (χ1v) is 6.74. The van der Waals surface area contributed by atoms with Crippen LogP contribution >= 0.6 is 0 Å². The molecular weight excluding hydrogens is 226 g/mol. The highest BCUT2D eigenvalue weighted by Crippen LogP contribution is 2.23. The van der Waals surface area contributed by atoms with E-state index in [9.17, 15) is 0 Å². The fraction of sp³-hybridized carbons (Fsp3) is 0.769. The van der Waals surface area contributed by atoms with Gasteiger partial charge in [-0.2, -0.15) is 5.10 Å². The summed E-state index contributed by atoms with van der Waals surface area (Å²) in [5, 5.41) is 4.27. The molecule has 0 spiro atoms. The van der Waals surface area contributed by atoms with Crippen LogP contribution in [0, 0.1) is 0 Å². The third-order valence-corrected chi connectivity index (χ3v) is 3.83. The highest BCUT2D eigenvalue weighted by molar-refractivity contribution is 5.12. The van der Waals surface area contributed by atoms with Gasteiger partial charge in [-0.15, -0.1) is 0 Å². The average molecular weight is 251 g/mol. The van der Waals surface area contributed by atoms with Gasteiger partial charge in [0, 0.05) is 44.5 Å². The van der Waals surface area contributed by atoms with Crippen molar-refractivity contribution in [2.45, 2.75) is 25.4 Å². The molecule has 102 valence electrons. The number of nitrogens with zero attached hydrogens (tertiary/aromatic N) is 4. The monoisotopic (exact) mass is 251 g/mol. The molecule has 1 saturated heterocycles. The van der Waals surface area contributed by atoms with Crippen LogP contribution in [-0.2, 0) is 7.05 Å². The van der Waals surface area contributed by atoms with Crippen molar-refractivity contribution >= 4 is 0 Å². The molecule has 0 aromatic carbocycles. The molecule has 18 heavy (non-hydrogen) atoms. The molecule has 1 aliphatic heterocycles. The van der Waals surface area contributed by atoms with Crippen molar-refractivity contribution in [1.82, 2.24) is 19.6 Å². The maximum absolute atomic E-state index is 6.00. The molecule has 0 bridgehead atoms. The molecule has 1 aromatic rings. The second-order valence-electron chi connectivity index (χ2n) is 5.40. The van der Waals surface area contributed by atoms with E-state index in [1.807, 2.05) is 17.9 Å². The largest absolute Gasteiger partial charge is 0.329 e. The highest BCUT2D eigenvalue weighted by Gasteiger charge is 2.27. The van der Waals surface area contributed by atoms with Gasteiger partial charge in [0.05, 0.1) is 12.2 Å². The van der Waals surface area contributed by atoms with Gasteiger partial charge in [0.2, 0.25) is 0 Å². The van der Waals surface area contributed by atoms with Gasteiger partial charge in [-0.05, 0) is 26.9 Å². The van der Waals surface area contributed by atoms with Crippen molar-refractivity contribution in [2.75, 3.05) is 33.2 Å². The zero-order valence-electron chi connectivity index (χ0n) is 11.7. The summed E-state index contributed by atoms with van der Waals surface area (Å²) < 4.78 is 1.85. The van der Waals surface area contributed by atoms with E-state index in [4.69, 9.17) is 5.73 Å². The molecule has 0 aliphatic carbocycles. The molecule has 0 radical (unpaired) electrons. The number of hydrogen-bond donors (Lipinski definition) is 1. The quantitative estimate of drug-likeness (QED) is 0.847. The summed E-state index contributed by atoms with van der Waals surface area (Å²) in [4.78, 5) is 4.93. The molecule has 2 unspecified atom stereocenters. The van der Waals surface area contributed by atoms with Crippen molar-refractivity contribution in [1.29, 1.82) is 0 Å². The van der Waals surface area contributed by atoms with Crippen LogP contribution in [0.15, 0.2) is 12.4 Å². The number of nitrogens with two attached hydrogens (primary N) is 1. The predicted octanol–water partition coefficient (Wildman–Crippen LogP) is 0.446. The number of rotatable bonds is 3. The van der Waals surface area contributed by atoms with Crippen LogP contribution in [0.3, 0.4) is 0 Å². The van der Waals surface area contributed by atoms with Crippen molar-refractivity contribution in [2.24, 2.45) is 12.8 Å². The summed E-state index contributed by atoms with van der Waals surface area (Å²) in [5.41, 5.74) is 7.23. The summed E-state index contributed by atoms with van der Waals surface area (Å²) >= 11 is 0. The lowest BCUT2D eigenvalue weighted by molar-refractivity contribution is 0.146. The Morgan fingerprint density at radius 1 is 1.44 bits per heavy atom. The fourth-order valence-corrected chi connectivity index (χ4v) is 2.93. The minimum Gasteiger partial charge on any atom is -0.329 e. The Morgan fingerprint density at radius 3 is 2.83 bits per heavy atom. The van der Waals surface area contributed by atoms with E-state index in [1.165, 1.54) is 18.5 Å². The maximum atomic E-state index is 6.00. The van der Waals surface area contributed by atoms with Crippen LogP contribution in [0.25, 0.3) is 0 Å². The summed E-state index contributed by atoms with van der Waals surface area (Å²) in [7, 11) is 4.15. The van der Waals surface area contributed by atoms with Gasteiger partial charge in [-0.25, -0.2) is 0 Å². The van der Waals surface area contributed by atoms with Gasteiger partial charge >= 0.3 is 0 Å². The molecule has 2 heterocycles. The number of hydrogen-bond acceptors (Lipinski definition) is 4. The Hall–Kier alpha value is -0.910. The summed E-state index contributed by atoms with van der Waals surface area (Å²) in [5.74, 6) is 0. The van der Waals surface area contributed by atoms with Crippen LogP contribution in [0.4, 0.5) is 0 Å². The minimum atomic E-state index is 0.292. The molecule has 5 heteroatoms. The molecule has 2 N–H and O–H groups in total. The third kappa shape index (κ3) is 2.91. The number of aryl methyl sites for hydroxylation is 1. The lowest BCUT2D eigenvalue weighted by Crippen LogP contribution is -2.42. The second-order valence-corrected chi connectivity index (χ2v) is 5.40. The zero-order valence-corrected chi connectivity index (χ0v) is 11.7. The third-order valence-electron chi connectivity index (χ3n) is 3.83. The van der Waals surface area contributed by atoms with Gasteiger partial charge < -0.3 is 10.6 Å². The fourth-order valence-electron chi connectivity index (χ4n) is 2.93. The molecular formula is C13H25N5. The first kappa shape index (κ1) is 13.5. The first-order valence-electron chi connectivity index (χ1n) is 6.74. The van der Waals surface area contributed by atoms with E-state index < -0.39 is 0 Å². The zero-order chi connectivity index (χ0) is 13.1. The Labute approximate surface area is 110 Å². The van der Waals surface area contributed by atoms with E-state index in [0.717, 1.165) is 13.1 Å². The summed E-state index contributed by atoms with van der Waals surface area (Å²) in [6.45, 7) is 6.34. The normalized spacial score (nSPS) is 25.0. The van der Waals surface area contributed by atoms with Crippen molar-refractivity contribution in [3.63, 3.8) is 0 Å². The van der Waals surface area contributed by atoms with E-state index in [1.54, 1.807) is 0 Å². The number of likely N-dealkylation sites (N-methyl/N-ethyl adjacent to an activating group) is 1. The Bertz CT molecular complexity index is 375. The topological polar surface area (TPSA) is 50.3 Å². The standard InChI is InChI=1S/C13H25N5/c1-11-9-16(2)5-4-6-18(11)13(7-14)12-8-15-17(3)10-12/h8,10-11,13H,4-7,9,14H2,1-3H3. The molecule has 0 saturated carbocycles. The molecule has 1 aliphatic rings. The Balaban J connectivity index is 2.15. The number of aromatic nitrogens is 2. The molecule has 1 fully saturated rings. The van der Waals surface area contributed by atoms with Gasteiger partial charge in [0.1, 0.15) is 0 Å². The average Bonchev–Trinajstić information content (AvgIpc) is 2.67. The van der Waals surface area contributed by atoms with E-state index in [-0.39, 0.29) is 0 Å². The van der Waals surface area contributed by atoms with Crippen molar-refractivity contribution in [3.8, 4) is 0 Å². The van der Waals surface area contributed by atoms with Gasteiger partial charge in [-0.3, -0.25) is 9.58 Å². The maximum Gasteiger partial charge on any atom is 0.0538 e. The van der Waals surface area contributed by atoms with E-state index in [2.05, 4.69) is 35.1 Å².